The van der Waals surface area contributed by atoms with Crippen molar-refractivity contribution in [2.75, 3.05) is 7.11 Å². The van der Waals surface area contributed by atoms with Crippen LogP contribution in [0.5, 0.6) is 5.75 Å². The predicted molar refractivity (Wildman–Crippen MR) is 103 cm³/mol. The number of aryl methyl sites for hydroxylation is 1. The largest absolute Gasteiger partial charge is 0.497 e. The van der Waals surface area contributed by atoms with E-state index >= 15 is 0 Å². The second-order valence-electron chi connectivity index (χ2n) is 6.00. The third-order valence-electron chi connectivity index (χ3n) is 4.45. The fraction of sp³-hybridized carbons (Fsp3) is 0.0870. The first-order chi connectivity index (χ1) is 12.3. The van der Waals surface area contributed by atoms with Crippen LogP contribution in [0.2, 0.25) is 0 Å². The van der Waals surface area contributed by atoms with E-state index in [4.69, 9.17) is 9.15 Å². The van der Waals surface area contributed by atoms with Gasteiger partial charge >= 0.3 is 11.3 Å². The Balaban J connectivity index is 2.15. The van der Waals surface area contributed by atoms with E-state index in [0.29, 0.717) is 0 Å². The molecule has 0 bridgehead atoms. The van der Waals surface area contributed by atoms with Crippen LogP contribution in [-0.4, -0.2) is 7.11 Å². The van der Waals surface area contributed by atoms with Crippen LogP contribution < -0.4 is 4.74 Å². The molecule has 0 aliphatic heterocycles. The number of methoxy groups -OCH3 is 1. The molecule has 0 unspecified atom stereocenters. The van der Waals surface area contributed by atoms with Crippen molar-refractivity contribution in [3.8, 4) is 28.0 Å². The molecule has 4 rings (SSSR count). The van der Waals surface area contributed by atoms with Gasteiger partial charge in [-0.15, -0.1) is 0 Å². The zero-order valence-corrected chi connectivity index (χ0v) is 14.3. The van der Waals surface area contributed by atoms with Crippen molar-refractivity contribution >= 4 is 11.0 Å². The molecule has 2 heteroatoms. The topological polar surface area (TPSA) is 20.5 Å². The Morgan fingerprint density at radius 1 is 0.720 bits per heavy atom. The van der Waals surface area contributed by atoms with E-state index in [9.17, 15) is 0 Å². The van der Waals surface area contributed by atoms with Crippen molar-refractivity contribution in [3.05, 3.63) is 84.6 Å². The standard InChI is InChI=1S/C23H19O2/c1-16-22(17-9-5-3-6-10-17)23(18-11-7-4-8-12-18)20-15-19(24-2)13-14-21(20)25-16/h3-15H,1-2H3/q+1. The maximum atomic E-state index is 6.15. The fourth-order valence-electron chi connectivity index (χ4n) is 3.30. The van der Waals surface area contributed by atoms with Gasteiger partial charge in [-0.05, 0) is 23.3 Å². The minimum Gasteiger partial charge on any atom is -0.497 e. The molecule has 0 amide bonds. The van der Waals surface area contributed by atoms with Gasteiger partial charge in [-0.25, -0.2) is 4.42 Å². The van der Waals surface area contributed by atoms with Crippen LogP contribution in [0.25, 0.3) is 33.2 Å². The third kappa shape index (κ3) is 2.76. The van der Waals surface area contributed by atoms with Crippen molar-refractivity contribution in [1.82, 2.24) is 0 Å². The van der Waals surface area contributed by atoms with Crippen LogP contribution in [-0.2, 0) is 0 Å². The van der Waals surface area contributed by atoms with E-state index in [1.54, 1.807) is 7.11 Å². The lowest BCUT2D eigenvalue weighted by atomic mass is 9.91. The maximum Gasteiger partial charge on any atom is 0.361 e. The number of rotatable bonds is 3. The summed E-state index contributed by atoms with van der Waals surface area (Å²) in [7, 11) is 1.69. The summed E-state index contributed by atoms with van der Waals surface area (Å²) in [4.78, 5) is 0. The Hall–Kier alpha value is -3.13. The molecule has 25 heavy (non-hydrogen) atoms. The second-order valence-corrected chi connectivity index (χ2v) is 6.00. The molecule has 3 aromatic carbocycles. The summed E-state index contributed by atoms with van der Waals surface area (Å²) in [6.07, 6.45) is 0. The summed E-state index contributed by atoms with van der Waals surface area (Å²) in [6.45, 7) is 2.03. The normalized spacial score (nSPS) is 10.8. The van der Waals surface area contributed by atoms with Crippen LogP contribution in [0.1, 0.15) is 5.76 Å². The first kappa shape index (κ1) is 15.4. The van der Waals surface area contributed by atoms with Gasteiger partial charge in [0.05, 0.1) is 25.0 Å². The average Bonchev–Trinajstić information content (AvgIpc) is 2.68. The van der Waals surface area contributed by atoms with Gasteiger partial charge in [-0.1, -0.05) is 60.7 Å². The molecule has 0 fully saturated rings. The van der Waals surface area contributed by atoms with E-state index < -0.39 is 0 Å². The molecule has 0 aliphatic rings. The van der Waals surface area contributed by atoms with Crippen molar-refractivity contribution < 1.29 is 9.15 Å². The van der Waals surface area contributed by atoms with E-state index in [-0.39, 0.29) is 0 Å². The van der Waals surface area contributed by atoms with Gasteiger partial charge in [-0.3, -0.25) is 0 Å². The fourth-order valence-corrected chi connectivity index (χ4v) is 3.30. The molecule has 2 nitrogen and oxygen atoms in total. The van der Waals surface area contributed by atoms with Gasteiger partial charge in [0.25, 0.3) is 0 Å². The smallest absolute Gasteiger partial charge is 0.361 e. The molecular weight excluding hydrogens is 308 g/mol. The van der Waals surface area contributed by atoms with Gasteiger partial charge in [0.15, 0.2) is 0 Å². The Morgan fingerprint density at radius 2 is 1.32 bits per heavy atom. The van der Waals surface area contributed by atoms with Crippen molar-refractivity contribution in [2.45, 2.75) is 6.92 Å². The van der Waals surface area contributed by atoms with Crippen molar-refractivity contribution in [2.24, 2.45) is 0 Å². The number of hydrogen-bond acceptors (Lipinski definition) is 1. The summed E-state index contributed by atoms with van der Waals surface area (Å²) in [6, 6.07) is 26.8. The van der Waals surface area contributed by atoms with Gasteiger partial charge < -0.3 is 4.74 Å². The molecule has 1 heterocycles. The molecule has 0 radical (unpaired) electrons. The molecule has 1 aromatic heterocycles. The Labute approximate surface area is 147 Å². The number of benzene rings is 3. The van der Waals surface area contributed by atoms with Crippen LogP contribution >= 0.6 is 0 Å². The first-order valence-electron chi connectivity index (χ1n) is 8.33. The van der Waals surface area contributed by atoms with Crippen LogP contribution in [0.3, 0.4) is 0 Å². The van der Waals surface area contributed by atoms with Gasteiger partial charge in [0.1, 0.15) is 5.75 Å². The minimum atomic E-state index is 0.822. The van der Waals surface area contributed by atoms with E-state index in [1.807, 2.05) is 37.3 Å². The first-order valence-corrected chi connectivity index (χ1v) is 8.33. The SMILES string of the molecule is COc1ccc2[o+]c(C)c(-c3ccccc3)c(-c3ccccc3)c2c1. The molecule has 0 N–H and O–H groups in total. The predicted octanol–water partition coefficient (Wildman–Crippen LogP) is 6.36. The minimum absolute atomic E-state index is 0.822. The molecule has 0 saturated heterocycles. The summed E-state index contributed by atoms with van der Waals surface area (Å²) >= 11 is 0. The lowest BCUT2D eigenvalue weighted by molar-refractivity contribution is 0.415. The highest BCUT2D eigenvalue weighted by Gasteiger charge is 2.24. The summed E-state index contributed by atoms with van der Waals surface area (Å²) in [5.74, 6) is 1.73. The number of fused-ring (bicyclic) bond motifs is 1. The van der Waals surface area contributed by atoms with Crippen LogP contribution in [0.15, 0.2) is 83.3 Å². The van der Waals surface area contributed by atoms with Gasteiger partial charge in [0, 0.05) is 11.6 Å². The van der Waals surface area contributed by atoms with E-state index in [0.717, 1.165) is 33.6 Å². The Morgan fingerprint density at radius 3 is 1.92 bits per heavy atom. The third-order valence-corrected chi connectivity index (χ3v) is 4.45. The lowest BCUT2D eigenvalue weighted by Crippen LogP contribution is -1.93. The molecule has 0 saturated carbocycles. The average molecular weight is 327 g/mol. The number of ether oxygens (including phenoxy) is 1. The summed E-state index contributed by atoms with van der Waals surface area (Å²) in [5, 5.41) is 1.05. The molecule has 0 spiro atoms. The van der Waals surface area contributed by atoms with Gasteiger partial charge in [-0.2, -0.15) is 0 Å². The highest BCUT2D eigenvalue weighted by molar-refractivity contribution is 6.02. The quantitative estimate of drug-likeness (QED) is 0.408. The monoisotopic (exact) mass is 327 g/mol. The molecule has 122 valence electrons. The highest BCUT2D eigenvalue weighted by atomic mass is 16.5. The van der Waals surface area contributed by atoms with Gasteiger partial charge in [0.2, 0.25) is 0 Å². The summed E-state index contributed by atoms with van der Waals surface area (Å²) < 4.78 is 11.6. The lowest BCUT2D eigenvalue weighted by Gasteiger charge is -2.11. The maximum absolute atomic E-state index is 6.15. The van der Waals surface area contributed by atoms with E-state index in [2.05, 4.69) is 48.5 Å². The molecular formula is C23H19O2+. The molecule has 0 aliphatic carbocycles. The van der Waals surface area contributed by atoms with Crippen LogP contribution in [0.4, 0.5) is 0 Å². The van der Waals surface area contributed by atoms with Crippen molar-refractivity contribution in [3.63, 3.8) is 0 Å². The second kappa shape index (κ2) is 6.40. The van der Waals surface area contributed by atoms with E-state index in [1.165, 1.54) is 11.1 Å². The van der Waals surface area contributed by atoms with Crippen LogP contribution in [0, 0.1) is 6.92 Å². The number of hydrogen-bond donors (Lipinski definition) is 0. The molecule has 0 atom stereocenters. The highest BCUT2D eigenvalue weighted by Crippen LogP contribution is 2.41. The zero-order valence-electron chi connectivity index (χ0n) is 14.3. The molecule has 4 aromatic rings. The van der Waals surface area contributed by atoms with Crippen molar-refractivity contribution in [1.29, 1.82) is 0 Å². The summed E-state index contributed by atoms with van der Waals surface area (Å²) in [5.41, 5.74) is 5.46. The Bertz CT molecular complexity index is 1020. The zero-order chi connectivity index (χ0) is 17.2. The Kier molecular flexibility index (Phi) is 3.95.